The van der Waals surface area contributed by atoms with Gasteiger partial charge in [-0.25, -0.2) is 0 Å². The summed E-state index contributed by atoms with van der Waals surface area (Å²) >= 11 is 0. The van der Waals surface area contributed by atoms with E-state index >= 15 is 0 Å². The second kappa shape index (κ2) is 18.9. The number of hydrogen-bond acceptors (Lipinski definition) is 10. The van der Waals surface area contributed by atoms with E-state index in [1.807, 2.05) is 93.5 Å². The van der Waals surface area contributed by atoms with Gasteiger partial charge in [0.15, 0.2) is 34.2 Å². The summed E-state index contributed by atoms with van der Waals surface area (Å²) in [6, 6.07) is 16.7. The molecule has 0 bridgehead atoms. The Balaban J connectivity index is 2.27. The van der Waals surface area contributed by atoms with Gasteiger partial charge in [0.2, 0.25) is 11.5 Å². The highest BCUT2D eigenvalue weighted by atomic mass is 16.6. The van der Waals surface area contributed by atoms with Crippen LogP contribution in [-0.2, 0) is 52.8 Å². The molecule has 0 spiro atoms. The van der Waals surface area contributed by atoms with Crippen molar-refractivity contribution in [3.8, 4) is 11.1 Å². The van der Waals surface area contributed by atoms with Crippen molar-refractivity contribution in [1.82, 2.24) is 0 Å². The third kappa shape index (κ3) is 6.49. The van der Waals surface area contributed by atoms with Crippen LogP contribution in [0.1, 0.15) is 80.4 Å². The Labute approximate surface area is 339 Å². The molecule has 4 unspecified atom stereocenters. The first kappa shape index (κ1) is 43.6. The Morgan fingerprint density at radius 3 is 1.18 bits per heavy atom. The Hall–Kier alpha value is -4.48. The van der Waals surface area contributed by atoms with Crippen LogP contribution in [0.2, 0.25) is 0 Å². The van der Waals surface area contributed by atoms with Crippen LogP contribution in [0.3, 0.4) is 0 Å². The highest BCUT2D eigenvalue weighted by Crippen LogP contribution is 2.70. The van der Waals surface area contributed by atoms with Crippen LogP contribution in [0.25, 0.3) is 11.1 Å². The van der Waals surface area contributed by atoms with Crippen LogP contribution in [0.5, 0.6) is 0 Å². The van der Waals surface area contributed by atoms with E-state index in [0.29, 0.717) is 72.1 Å². The molecule has 10 heteroatoms. The lowest BCUT2D eigenvalue weighted by atomic mass is 9.49. The fourth-order valence-corrected chi connectivity index (χ4v) is 9.45. The zero-order valence-corrected chi connectivity index (χ0v) is 35.6. The van der Waals surface area contributed by atoms with Gasteiger partial charge in [-0.1, -0.05) is 61.7 Å². The number of fused-ring (bicyclic) bond motifs is 3. The number of hydrogen-bond donors (Lipinski definition) is 0. The molecule has 0 aliphatic heterocycles. The largest absolute Gasteiger partial charge is 0.491 e. The van der Waals surface area contributed by atoms with Crippen LogP contribution >= 0.6 is 0 Å². The maximum atomic E-state index is 7.64. The van der Waals surface area contributed by atoms with E-state index in [0.717, 1.165) is 22.3 Å². The number of rotatable bonds is 22. The molecule has 0 saturated heterocycles. The topological polar surface area (TPSA) is 92.3 Å². The molecule has 2 aromatic carbocycles. The van der Waals surface area contributed by atoms with E-state index < -0.39 is 28.8 Å². The first-order chi connectivity index (χ1) is 27.7. The van der Waals surface area contributed by atoms with E-state index in [-0.39, 0.29) is 26.4 Å². The van der Waals surface area contributed by atoms with Gasteiger partial charge >= 0.3 is 0 Å². The monoisotopic (exact) mass is 786 g/mol. The van der Waals surface area contributed by atoms with E-state index in [9.17, 15) is 0 Å². The van der Waals surface area contributed by atoms with E-state index in [4.69, 9.17) is 47.4 Å². The molecule has 4 atom stereocenters. The van der Waals surface area contributed by atoms with E-state index in [1.165, 1.54) is 12.5 Å². The molecule has 0 aromatic heterocycles. The molecule has 3 aliphatic rings. The lowest BCUT2D eigenvalue weighted by Gasteiger charge is -2.63. The molecule has 0 amide bonds. The maximum absolute atomic E-state index is 7.64. The molecule has 10 nitrogen and oxygen atoms in total. The minimum absolute atomic E-state index is 0.226. The predicted octanol–water partition coefficient (Wildman–Crippen LogP) is 9.78. The molecule has 0 saturated carbocycles. The SMILES string of the molecule is C=COC1=C(C)C(OCC)C(OCC)(C2(C3(OCC)C(OCC)=C(OCC)C(OC=C)=C(C)C3OCC)c3ccccc3-c3ccccc32)C(OCC)=C1OCC. The van der Waals surface area contributed by atoms with Crippen LogP contribution in [0.4, 0.5) is 0 Å². The summed E-state index contributed by atoms with van der Waals surface area (Å²) in [5.74, 6) is 2.35. The van der Waals surface area contributed by atoms with Gasteiger partial charge in [0, 0.05) is 37.6 Å². The smallest absolute Gasteiger partial charge is 0.203 e. The molecule has 0 radical (unpaired) electrons. The fourth-order valence-electron chi connectivity index (χ4n) is 9.45. The first-order valence-corrected chi connectivity index (χ1v) is 20.4. The summed E-state index contributed by atoms with van der Waals surface area (Å²) in [7, 11) is 0. The van der Waals surface area contributed by atoms with E-state index in [2.05, 4.69) is 37.4 Å². The molecular weight excluding hydrogens is 725 g/mol. The Bertz CT molecular complexity index is 1750. The highest BCUT2D eigenvalue weighted by molar-refractivity contribution is 5.85. The van der Waals surface area contributed by atoms with Gasteiger partial charge in [0.1, 0.15) is 17.6 Å². The second-order valence-electron chi connectivity index (χ2n) is 13.5. The van der Waals surface area contributed by atoms with Gasteiger partial charge in [-0.15, -0.1) is 0 Å². The quantitative estimate of drug-likeness (QED) is 0.108. The summed E-state index contributed by atoms with van der Waals surface area (Å²) in [5, 5.41) is 0. The van der Waals surface area contributed by atoms with Crippen molar-refractivity contribution in [2.24, 2.45) is 0 Å². The predicted molar refractivity (Wildman–Crippen MR) is 221 cm³/mol. The van der Waals surface area contributed by atoms with Crippen LogP contribution < -0.4 is 0 Å². The van der Waals surface area contributed by atoms with Crippen molar-refractivity contribution in [3.05, 3.63) is 131 Å². The standard InChI is InChI=1S/C47H62O10/c1-13-48-37-31(11)41(52-17-5)46(56-21-9,43(54-19-7)39(37)50-15-3)45(35-29-25-23-27-33(35)34-28-24-26-30-36(34)45)47(57-22-10)42(53-18-6)32(12)38(49-14-2)40(51-16-4)44(47)55-20-8/h13-14,23-30,41-42H,1-2,15-22H2,3-12H3. The van der Waals surface area contributed by atoms with Crippen LogP contribution in [0, 0.1) is 0 Å². The van der Waals surface area contributed by atoms with Crippen molar-refractivity contribution >= 4 is 0 Å². The molecule has 57 heavy (non-hydrogen) atoms. The third-order valence-corrected chi connectivity index (χ3v) is 10.8. The van der Waals surface area contributed by atoms with Crippen molar-refractivity contribution in [2.45, 2.75) is 98.1 Å². The molecule has 0 heterocycles. The summed E-state index contributed by atoms with van der Waals surface area (Å²) < 4.78 is 69.3. The van der Waals surface area contributed by atoms with Crippen molar-refractivity contribution in [2.75, 3.05) is 52.9 Å². The zero-order valence-electron chi connectivity index (χ0n) is 35.6. The summed E-state index contributed by atoms with van der Waals surface area (Å²) in [5.41, 5.74) is 0.372. The lowest BCUT2D eigenvalue weighted by molar-refractivity contribution is -0.245. The number of ether oxygens (including phenoxy) is 10. The van der Waals surface area contributed by atoms with Crippen molar-refractivity contribution in [3.63, 3.8) is 0 Å². The van der Waals surface area contributed by atoms with Gasteiger partial charge in [0.25, 0.3) is 0 Å². The van der Waals surface area contributed by atoms with Gasteiger partial charge in [-0.05, 0) is 91.5 Å². The third-order valence-electron chi connectivity index (χ3n) is 10.8. The minimum atomic E-state index is -1.64. The molecule has 310 valence electrons. The Morgan fingerprint density at radius 1 is 0.491 bits per heavy atom. The van der Waals surface area contributed by atoms with Gasteiger partial charge < -0.3 is 47.4 Å². The fraction of sp³-hybridized carbons (Fsp3) is 0.489. The normalized spacial score (nSPS) is 23.9. The minimum Gasteiger partial charge on any atom is -0.491 e. The summed E-state index contributed by atoms with van der Waals surface area (Å²) in [6.45, 7) is 29.6. The van der Waals surface area contributed by atoms with Crippen molar-refractivity contribution in [1.29, 1.82) is 0 Å². The molecule has 0 fully saturated rings. The molecular formula is C47H62O10. The molecule has 3 aliphatic carbocycles. The second-order valence-corrected chi connectivity index (χ2v) is 13.5. The average Bonchev–Trinajstić information content (AvgIpc) is 3.52. The first-order valence-electron chi connectivity index (χ1n) is 20.4. The van der Waals surface area contributed by atoms with E-state index in [1.54, 1.807) is 0 Å². The van der Waals surface area contributed by atoms with Crippen LogP contribution in [-0.4, -0.2) is 76.3 Å². The van der Waals surface area contributed by atoms with Crippen LogP contribution in [0.15, 0.2) is 120 Å². The summed E-state index contributed by atoms with van der Waals surface area (Å²) in [4.78, 5) is 0. The average molecular weight is 787 g/mol. The summed E-state index contributed by atoms with van der Waals surface area (Å²) in [6.07, 6.45) is 1.02. The molecule has 0 N–H and O–H groups in total. The van der Waals surface area contributed by atoms with Gasteiger partial charge in [0.05, 0.1) is 39.0 Å². The Kier molecular flexibility index (Phi) is 14.4. The highest BCUT2D eigenvalue weighted by Gasteiger charge is 2.80. The molecule has 5 rings (SSSR count). The maximum Gasteiger partial charge on any atom is 0.203 e. The Morgan fingerprint density at radius 2 is 0.860 bits per heavy atom. The molecule has 2 aromatic rings. The van der Waals surface area contributed by atoms with Crippen molar-refractivity contribution < 1.29 is 47.4 Å². The zero-order chi connectivity index (χ0) is 41.4. The van der Waals surface area contributed by atoms with Gasteiger partial charge in [-0.3, -0.25) is 0 Å². The van der Waals surface area contributed by atoms with Gasteiger partial charge in [-0.2, -0.15) is 0 Å². The lowest BCUT2D eigenvalue weighted by Crippen LogP contribution is -2.77. The number of benzene rings is 2.